The summed E-state index contributed by atoms with van der Waals surface area (Å²) in [5.41, 5.74) is 2.79. The molecule has 0 fully saturated rings. The molecule has 0 unspecified atom stereocenters. The summed E-state index contributed by atoms with van der Waals surface area (Å²) in [5.74, 6) is -0.843. The van der Waals surface area contributed by atoms with Crippen LogP contribution in [0, 0.1) is 0 Å². The van der Waals surface area contributed by atoms with Gasteiger partial charge >= 0.3 is 5.97 Å². The van der Waals surface area contributed by atoms with Crippen molar-refractivity contribution >= 4 is 11.7 Å². The van der Waals surface area contributed by atoms with Crippen LogP contribution in [-0.4, -0.2) is 24.2 Å². The lowest BCUT2D eigenvalue weighted by atomic mass is 9.99. The number of carbonyl (C=O) groups is 1. The van der Waals surface area contributed by atoms with Gasteiger partial charge in [0.2, 0.25) is 0 Å². The van der Waals surface area contributed by atoms with Crippen LogP contribution in [-0.2, 0) is 6.42 Å². The van der Waals surface area contributed by atoms with Crippen LogP contribution in [0.15, 0.2) is 18.2 Å². The first-order valence-corrected chi connectivity index (χ1v) is 5.83. The molecule has 86 valence electrons. The molecule has 0 aliphatic carbocycles. The van der Waals surface area contributed by atoms with E-state index in [9.17, 15) is 4.79 Å². The molecule has 0 saturated heterocycles. The topological polar surface area (TPSA) is 40.5 Å². The molecule has 16 heavy (non-hydrogen) atoms. The maximum absolute atomic E-state index is 10.9. The third kappa shape index (κ3) is 2.03. The van der Waals surface area contributed by atoms with Gasteiger partial charge in [0.15, 0.2) is 0 Å². The lowest BCUT2D eigenvalue weighted by Crippen LogP contribution is -2.30. The van der Waals surface area contributed by atoms with Gasteiger partial charge in [0, 0.05) is 18.8 Å². The summed E-state index contributed by atoms with van der Waals surface area (Å²) < 4.78 is 0. The van der Waals surface area contributed by atoms with Crippen molar-refractivity contribution in [1.82, 2.24) is 0 Å². The number of carboxylic acid groups (broad SMARTS) is 1. The monoisotopic (exact) mass is 219 g/mol. The zero-order valence-corrected chi connectivity index (χ0v) is 9.57. The van der Waals surface area contributed by atoms with Crippen molar-refractivity contribution in [3.8, 4) is 0 Å². The number of rotatable bonds is 3. The minimum atomic E-state index is -0.843. The molecule has 1 aromatic rings. The molecular formula is C13H17NO2. The number of aromatic carboxylic acids is 1. The van der Waals surface area contributed by atoms with Crippen LogP contribution in [0.3, 0.4) is 0 Å². The first-order chi connectivity index (χ1) is 7.72. The molecule has 1 N–H and O–H groups in total. The molecule has 3 heteroatoms. The third-order valence-electron chi connectivity index (χ3n) is 3.04. The van der Waals surface area contributed by atoms with E-state index in [0.29, 0.717) is 5.56 Å². The van der Waals surface area contributed by atoms with Crippen LogP contribution in [0.4, 0.5) is 5.69 Å². The quantitative estimate of drug-likeness (QED) is 0.849. The Hall–Kier alpha value is -1.51. The minimum Gasteiger partial charge on any atom is -0.478 e. The molecule has 0 amide bonds. The van der Waals surface area contributed by atoms with E-state index in [1.54, 1.807) is 6.07 Å². The summed E-state index contributed by atoms with van der Waals surface area (Å²) in [5, 5.41) is 8.98. The summed E-state index contributed by atoms with van der Waals surface area (Å²) in [7, 11) is 0. The molecule has 0 radical (unpaired) electrons. The molecule has 1 aliphatic rings. The fourth-order valence-electron chi connectivity index (χ4n) is 2.29. The van der Waals surface area contributed by atoms with Crippen molar-refractivity contribution in [2.24, 2.45) is 0 Å². The summed E-state index contributed by atoms with van der Waals surface area (Å²) in [6, 6.07) is 5.48. The Balaban J connectivity index is 2.36. The molecule has 0 aromatic heterocycles. The third-order valence-corrected chi connectivity index (χ3v) is 3.04. The van der Waals surface area contributed by atoms with Crippen molar-refractivity contribution in [2.75, 3.05) is 18.0 Å². The van der Waals surface area contributed by atoms with Gasteiger partial charge in [-0.3, -0.25) is 0 Å². The highest BCUT2D eigenvalue weighted by atomic mass is 16.4. The number of nitrogens with zero attached hydrogens (tertiary/aromatic N) is 1. The van der Waals surface area contributed by atoms with Gasteiger partial charge in [0.05, 0.1) is 5.56 Å². The van der Waals surface area contributed by atoms with Crippen LogP contribution in [0.1, 0.15) is 35.7 Å². The SMILES string of the molecule is CCCN1CCCc2ccc(C(=O)O)cc21. The Morgan fingerprint density at radius 2 is 2.31 bits per heavy atom. The molecule has 0 spiro atoms. The van der Waals surface area contributed by atoms with Crippen molar-refractivity contribution in [1.29, 1.82) is 0 Å². The highest BCUT2D eigenvalue weighted by Gasteiger charge is 2.17. The van der Waals surface area contributed by atoms with Gasteiger partial charge in [-0.25, -0.2) is 4.79 Å². The van der Waals surface area contributed by atoms with E-state index in [1.165, 1.54) is 12.0 Å². The smallest absolute Gasteiger partial charge is 0.335 e. The van der Waals surface area contributed by atoms with E-state index in [4.69, 9.17) is 5.11 Å². The second-order valence-electron chi connectivity index (χ2n) is 4.24. The number of aryl methyl sites for hydroxylation is 1. The Kier molecular flexibility index (Phi) is 3.13. The maximum atomic E-state index is 10.9. The van der Waals surface area contributed by atoms with Gasteiger partial charge < -0.3 is 10.0 Å². The fraction of sp³-hybridized carbons (Fsp3) is 0.462. The Morgan fingerprint density at radius 3 is 3.00 bits per heavy atom. The van der Waals surface area contributed by atoms with Gasteiger partial charge in [-0.15, -0.1) is 0 Å². The molecular weight excluding hydrogens is 202 g/mol. The molecule has 1 aromatic carbocycles. The van der Waals surface area contributed by atoms with E-state index in [-0.39, 0.29) is 0 Å². The van der Waals surface area contributed by atoms with Crippen molar-refractivity contribution < 1.29 is 9.90 Å². The fourth-order valence-corrected chi connectivity index (χ4v) is 2.29. The van der Waals surface area contributed by atoms with Crippen molar-refractivity contribution in [2.45, 2.75) is 26.2 Å². The number of benzene rings is 1. The largest absolute Gasteiger partial charge is 0.478 e. The van der Waals surface area contributed by atoms with Crippen LogP contribution in [0.2, 0.25) is 0 Å². The van der Waals surface area contributed by atoms with E-state index >= 15 is 0 Å². The van der Waals surface area contributed by atoms with Gasteiger partial charge in [-0.2, -0.15) is 0 Å². The predicted octanol–water partition coefficient (Wildman–Crippen LogP) is 2.55. The normalized spacial score (nSPS) is 14.7. The molecule has 0 bridgehead atoms. The Bertz CT molecular complexity index is 401. The summed E-state index contributed by atoms with van der Waals surface area (Å²) >= 11 is 0. The number of fused-ring (bicyclic) bond motifs is 1. The van der Waals surface area contributed by atoms with Crippen LogP contribution >= 0.6 is 0 Å². The average molecular weight is 219 g/mol. The Labute approximate surface area is 95.7 Å². The van der Waals surface area contributed by atoms with Gasteiger partial charge in [0.1, 0.15) is 0 Å². The highest BCUT2D eigenvalue weighted by Crippen LogP contribution is 2.28. The van der Waals surface area contributed by atoms with Crippen molar-refractivity contribution in [3.05, 3.63) is 29.3 Å². The summed E-state index contributed by atoms with van der Waals surface area (Å²) in [6.07, 6.45) is 3.33. The zero-order chi connectivity index (χ0) is 11.5. The van der Waals surface area contributed by atoms with E-state index in [0.717, 1.165) is 31.6 Å². The van der Waals surface area contributed by atoms with Gasteiger partial charge in [-0.1, -0.05) is 13.0 Å². The minimum absolute atomic E-state index is 0.391. The first kappa shape index (κ1) is 11.0. The lowest BCUT2D eigenvalue weighted by molar-refractivity contribution is 0.0697. The molecule has 0 atom stereocenters. The molecule has 2 rings (SSSR count). The average Bonchev–Trinajstić information content (AvgIpc) is 2.29. The second kappa shape index (κ2) is 4.56. The zero-order valence-electron chi connectivity index (χ0n) is 9.57. The standard InChI is InChI=1S/C13H17NO2/c1-2-7-14-8-3-4-10-5-6-11(13(15)16)9-12(10)14/h5-6,9H,2-4,7-8H2,1H3,(H,15,16). The number of carboxylic acids is 1. The van der Waals surface area contributed by atoms with E-state index in [1.807, 2.05) is 12.1 Å². The van der Waals surface area contributed by atoms with Gasteiger partial charge in [0.25, 0.3) is 0 Å². The second-order valence-corrected chi connectivity index (χ2v) is 4.24. The highest BCUT2D eigenvalue weighted by molar-refractivity contribution is 5.89. The van der Waals surface area contributed by atoms with Crippen molar-refractivity contribution in [3.63, 3.8) is 0 Å². The van der Waals surface area contributed by atoms with E-state index < -0.39 is 5.97 Å². The molecule has 1 aliphatic heterocycles. The predicted molar refractivity (Wildman–Crippen MR) is 64.2 cm³/mol. The molecule has 3 nitrogen and oxygen atoms in total. The number of hydrogen-bond acceptors (Lipinski definition) is 2. The van der Waals surface area contributed by atoms with Gasteiger partial charge in [-0.05, 0) is 37.0 Å². The van der Waals surface area contributed by atoms with Crippen LogP contribution in [0.5, 0.6) is 0 Å². The summed E-state index contributed by atoms with van der Waals surface area (Å²) in [4.78, 5) is 13.2. The lowest BCUT2D eigenvalue weighted by Gasteiger charge is -2.31. The van der Waals surface area contributed by atoms with Crippen LogP contribution in [0.25, 0.3) is 0 Å². The number of hydrogen-bond donors (Lipinski definition) is 1. The first-order valence-electron chi connectivity index (χ1n) is 5.83. The summed E-state index contributed by atoms with van der Waals surface area (Å²) in [6.45, 7) is 4.20. The van der Waals surface area contributed by atoms with Crippen LogP contribution < -0.4 is 4.90 Å². The molecule has 0 saturated carbocycles. The van der Waals surface area contributed by atoms with E-state index in [2.05, 4.69) is 11.8 Å². The number of anilines is 1. The molecule has 1 heterocycles. The Morgan fingerprint density at radius 1 is 1.50 bits per heavy atom. The maximum Gasteiger partial charge on any atom is 0.335 e.